The van der Waals surface area contributed by atoms with Crippen LogP contribution in [0.3, 0.4) is 0 Å². The van der Waals surface area contributed by atoms with Gasteiger partial charge in [0.2, 0.25) is 11.8 Å². The number of halogens is 1. The molecule has 2 amide bonds. The number of hydrogen-bond acceptors (Lipinski definition) is 4. The molecule has 0 saturated carbocycles. The standard InChI is InChI=1S/C26H35FN2O4/c1-3-4-5-8-25(30)29(17-23-7-6-15-32-23)19-26(31)28(18-24-14-9-20(2)33-24)16-21-10-12-22(27)13-11-21/h9-14,23H,3-8,15-19H2,1-2H3. The Labute approximate surface area is 195 Å². The van der Waals surface area contributed by atoms with Crippen LogP contribution in [-0.2, 0) is 27.4 Å². The van der Waals surface area contributed by atoms with E-state index in [1.54, 1.807) is 21.9 Å². The van der Waals surface area contributed by atoms with Crippen molar-refractivity contribution in [3.8, 4) is 0 Å². The number of carbonyl (C=O) groups excluding carboxylic acids is 2. The lowest BCUT2D eigenvalue weighted by atomic mass is 10.1. The van der Waals surface area contributed by atoms with Gasteiger partial charge in [0.15, 0.2) is 0 Å². The molecule has 1 aliphatic rings. The Morgan fingerprint density at radius 3 is 2.45 bits per heavy atom. The Morgan fingerprint density at radius 1 is 1.03 bits per heavy atom. The summed E-state index contributed by atoms with van der Waals surface area (Å²) >= 11 is 0. The van der Waals surface area contributed by atoms with Gasteiger partial charge in [-0.05, 0) is 56.0 Å². The van der Waals surface area contributed by atoms with Gasteiger partial charge < -0.3 is 19.0 Å². The highest BCUT2D eigenvalue weighted by Crippen LogP contribution is 2.17. The van der Waals surface area contributed by atoms with Gasteiger partial charge in [-0.25, -0.2) is 4.39 Å². The lowest BCUT2D eigenvalue weighted by Crippen LogP contribution is -2.45. The molecule has 1 fully saturated rings. The first kappa shape index (κ1) is 25.0. The van der Waals surface area contributed by atoms with Crippen molar-refractivity contribution in [3.05, 3.63) is 59.3 Å². The van der Waals surface area contributed by atoms with E-state index in [1.807, 2.05) is 19.1 Å². The molecule has 0 bridgehead atoms. The minimum absolute atomic E-state index is 0.00823. The summed E-state index contributed by atoms with van der Waals surface area (Å²) < 4.78 is 24.8. The Kier molecular flexibility index (Phi) is 9.48. The van der Waals surface area contributed by atoms with Crippen LogP contribution in [0.25, 0.3) is 0 Å². The van der Waals surface area contributed by atoms with Crippen molar-refractivity contribution < 1.29 is 23.1 Å². The van der Waals surface area contributed by atoms with E-state index >= 15 is 0 Å². The van der Waals surface area contributed by atoms with E-state index in [4.69, 9.17) is 9.15 Å². The molecule has 6 nitrogen and oxygen atoms in total. The monoisotopic (exact) mass is 458 g/mol. The summed E-state index contributed by atoms with van der Waals surface area (Å²) in [5.74, 6) is 0.935. The van der Waals surface area contributed by atoms with E-state index in [0.717, 1.165) is 43.4 Å². The van der Waals surface area contributed by atoms with E-state index in [9.17, 15) is 14.0 Å². The van der Waals surface area contributed by atoms with Gasteiger partial charge in [-0.15, -0.1) is 0 Å². The number of benzene rings is 1. The summed E-state index contributed by atoms with van der Waals surface area (Å²) in [6.45, 7) is 5.66. The largest absolute Gasteiger partial charge is 0.464 e. The molecular weight excluding hydrogens is 423 g/mol. The molecule has 1 unspecified atom stereocenters. The Morgan fingerprint density at radius 2 is 1.82 bits per heavy atom. The van der Waals surface area contributed by atoms with Crippen molar-refractivity contribution in [3.63, 3.8) is 0 Å². The molecule has 3 rings (SSSR count). The molecule has 1 atom stereocenters. The van der Waals surface area contributed by atoms with E-state index in [-0.39, 0.29) is 36.8 Å². The fraction of sp³-hybridized carbons (Fsp3) is 0.538. The van der Waals surface area contributed by atoms with Gasteiger partial charge in [0.25, 0.3) is 0 Å². The average Bonchev–Trinajstić information content (AvgIpc) is 3.46. The van der Waals surface area contributed by atoms with E-state index < -0.39 is 0 Å². The Bertz CT molecular complexity index is 890. The molecule has 2 heterocycles. The molecular formula is C26H35FN2O4. The predicted octanol–water partition coefficient (Wildman–Crippen LogP) is 4.84. The van der Waals surface area contributed by atoms with Crippen molar-refractivity contribution >= 4 is 11.8 Å². The average molecular weight is 459 g/mol. The Hall–Kier alpha value is -2.67. The van der Waals surface area contributed by atoms with Crippen LogP contribution in [0.15, 0.2) is 40.8 Å². The number of carbonyl (C=O) groups is 2. The highest BCUT2D eigenvalue weighted by molar-refractivity contribution is 5.85. The molecule has 180 valence electrons. The normalized spacial score (nSPS) is 15.5. The maximum atomic E-state index is 13.4. The zero-order valence-corrected chi connectivity index (χ0v) is 19.7. The first-order valence-corrected chi connectivity index (χ1v) is 11.9. The van der Waals surface area contributed by atoms with Gasteiger partial charge in [0.05, 0.1) is 19.2 Å². The van der Waals surface area contributed by atoms with Crippen molar-refractivity contribution in [2.24, 2.45) is 0 Å². The van der Waals surface area contributed by atoms with Gasteiger partial charge in [-0.1, -0.05) is 31.9 Å². The lowest BCUT2D eigenvalue weighted by molar-refractivity contribution is -0.142. The second-order valence-corrected chi connectivity index (χ2v) is 8.76. The molecule has 1 aliphatic heterocycles. The fourth-order valence-corrected chi connectivity index (χ4v) is 4.04. The van der Waals surface area contributed by atoms with Crippen molar-refractivity contribution in [2.75, 3.05) is 19.7 Å². The second-order valence-electron chi connectivity index (χ2n) is 8.76. The highest BCUT2D eigenvalue weighted by atomic mass is 19.1. The van der Waals surface area contributed by atoms with Crippen molar-refractivity contribution in [1.82, 2.24) is 9.80 Å². The SMILES string of the molecule is CCCCCC(=O)N(CC(=O)N(Cc1ccc(F)cc1)Cc1ccc(C)o1)CC1CCCO1. The van der Waals surface area contributed by atoms with Gasteiger partial charge in [-0.3, -0.25) is 9.59 Å². The first-order valence-electron chi connectivity index (χ1n) is 11.9. The number of rotatable bonds is 12. The molecule has 33 heavy (non-hydrogen) atoms. The molecule has 1 aromatic carbocycles. The third-order valence-electron chi connectivity index (χ3n) is 5.90. The van der Waals surface area contributed by atoms with E-state index in [2.05, 4.69) is 6.92 Å². The number of hydrogen-bond donors (Lipinski definition) is 0. The topological polar surface area (TPSA) is 63.0 Å². The number of ether oxygens (including phenoxy) is 1. The fourth-order valence-electron chi connectivity index (χ4n) is 4.04. The quantitative estimate of drug-likeness (QED) is 0.427. The van der Waals surface area contributed by atoms with Crippen LogP contribution in [0, 0.1) is 12.7 Å². The summed E-state index contributed by atoms with van der Waals surface area (Å²) in [5, 5.41) is 0. The van der Waals surface area contributed by atoms with Crippen LogP contribution >= 0.6 is 0 Å². The maximum Gasteiger partial charge on any atom is 0.242 e. The van der Waals surface area contributed by atoms with Gasteiger partial charge in [0, 0.05) is 26.1 Å². The van der Waals surface area contributed by atoms with Crippen LogP contribution in [0.2, 0.25) is 0 Å². The molecule has 0 radical (unpaired) electrons. The molecule has 0 N–H and O–H groups in total. The summed E-state index contributed by atoms with van der Waals surface area (Å²) in [5.41, 5.74) is 0.813. The van der Waals surface area contributed by atoms with Gasteiger partial charge >= 0.3 is 0 Å². The molecule has 1 saturated heterocycles. The third kappa shape index (κ3) is 8.00. The first-order chi connectivity index (χ1) is 15.9. The second kappa shape index (κ2) is 12.5. The molecule has 1 aromatic heterocycles. The molecule has 2 aromatic rings. The van der Waals surface area contributed by atoms with Crippen LogP contribution < -0.4 is 0 Å². The molecule has 7 heteroatoms. The van der Waals surface area contributed by atoms with Crippen LogP contribution in [0.1, 0.15) is 62.5 Å². The summed E-state index contributed by atoms with van der Waals surface area (Å²) in [7, 11) is 0. The van der Waals surface area contributed by atoms with Crippen molar-refractivity contribution in [1.29, 1.82) is 0 Å². The molecule has 0 aliphatic carbocycles. The Balaban J connectivity index is 1.73. The zero-order valence-electron chi connectivity index (χ0n) is 19.7. The number of amides is 2. The predicted molar refractivity (Wildman–Crippen MR) is 124 cm³/mol. The van der Waals surface area contributed by atoms with Crippen LogP contribution in [0.4, 0.5) is 4.39 Å². The summed E-state index contributed by atoms with van der Waals surface area (Å²) in [4.78, 5) is 29.7. The third-order valence-corrected chi connectivity index (χ3v) is 5.90. The van der Waals surface area contributed by atoms with Gasteiger partial charge in [-0.2, -0.15) is 0 Å². The van der Waals surface area contributed by atoms with E-state index in [0.29, 0.717) is 31.9 Å². The minimum Gasteiger partial charge on any atom is -0.464 e. The number of nitrogens with zero attached hydrogens (tertiary/aromatic N) is 2. The van der Waals surface area contributed by atoms with E-state index in [1.165, 1.54) is 12.1 Å². The van der Waals surface area contributed by atoms with Crippen LogP contribution in [0.5, 0.6) is 0 Å². The zero-order chi connectivity index (χ0) is 23.6. The van der Waals surface area contributed by atoms with Gasteiger partial charge in [0.1, 0.15) is 17.3 Å². The summed E-state index contributed by atoms with van der Waals surface area (Å²) in [6, 6.07) is 9.81. The lowest BCUT2D eigenvalue weighted by Gasteiger charge is -2.29. The minimum atomic E-state index is -0.321. The highest BCUT2D eigenvalue weighted by Gasteiger charge is 2.26. The number of aryl methyl sites for hydroxylation is 1. The van der Waals surface area contributed by atoms with Crippen LogP contribution in [-0.4, -0.2) is 47.4 Å². The summed E-state index contributed by atoms with van der Waals surface area (Å²) in [6.07, 6.45) is 5.13. The molecule has 0 spiro atoms. The number of furan rings is 1. The number of unbranched alkanes of at least 4 members (excludes halogenated alkanes) is 2. The van der Waals surface area contributed by atoms with Crippen molar-refractivity contribution in [2.45, 2.75) is 71.6 Å². The maximum absolute atomic E-state index is 13.4. The smallest absolute Gasteiger partial charge is 0.242 e.